The second kappa shape index (κ2) is 7.17. The lowest BCUT2D eigenvalue weighted by molar-refractivity contribution is 0.626. The van der Waals surface area contributed by atoms with Crippen molar-refractivity contribution in [3.63, 3.8) is 0 Å². The number of benzene rings is 1. The fourth-order valence-electron chi connectivity index (χ4n) is 1.90. The van der Waals surface area contributed by atoms with Gasteiger partial charge < -0.3 is 10.6 Å². The molecule has 0 bridgehead atoms. The molecule has 5 nitrogen and oxygen atoms in total. The molecule has 112 valence electrons. The predicted octanol–water partition coefficient (Wildman–Crippen LogP) is 3.14. The minimum absolute atomic E-state index is 0.0726. The smallest absolute Gasteiger partial charge is 0.229 e. The molecule has 7 heteroatoms. The highest BCUT2D eigenvalue weighted by Crippen LogP contribution is 2.12. The van der Waals surface area contributed by atoms with Gasteiger partial charge in [-0.3, -0.25) is 0 Å². The first-order valence-corrected chi connectivity index (χ1v) is 7.11. The van der Waals surface area contributed by atoms with Gasteiger partial charge in [0.1, 0.15) is 5.82 Å². The van der Waals surface area contributed by atoms with Crippen LogP contribution in [0.5, 0.6) is 0 Å². The van der Waals surface area contributed by atoms with Crippen LogP contribution in [0.4, 0.5) is 16.3 Å². The summed E-state index contributed by atoms with van der Waals surface area (Å²) in [6.45, 7) is 4.64. The highest BCUT2D eigenvalue weighted by molar-refractivity contribution is 6.28. The van der Waals surface area contributed by atoms with Crippen LogP contribution in [0.1, 0.15) is 19.4 Å². The predicted molar refractivity (Wildman–Crippen MR) is 82.2 cm³/mol. The van der Waals surface area contributed by atoms with Crippen molar-refractivity contribution in [2.75, 3.05) is 17.2 Å². The van der Waals surface area contributed by atoms with E-state index in [4.69, 9.17) is 11.6 Å². The Kier molecular flexibility index (Phi) is 5.27. The van der Waals surface area contributed by atoms with Gasteiger partial charge in [0.15, 0.2) is 0 Å². The molecule has 0 amide bonds. The number of rotatable bonds is 6. The van der Waals surface area contributed by atoms with Crippen LogP contribution in [0, 0.1) is 5.82 Å². The van der Waals surface area contributed by atoms with Crippen molar-refractivity contribution < 1.29 is 4.39 Å². The lowest BCUT2D eigenvalue weighted by atomic mass is 10.1. The third kappa shape index (κ3) is 4.82. The minimum atomic E-state index is -0.237. The number of aromatic nitrogens is 3. The van der Waals surface area contributed by atoms with Gasteiger partial charge in [-0.15, -0.1) is 0 Å². The first kappa shape index (κ1) is 15.4. The number of anilines is 2. The van der Waals surface area contributed by atoms with Gasteiger partial charge in [0.05, 0.1) is 0 Å². The Morgan fingerprint density at radius 3 is 2.48 bits per heavy atom. The lowest BCUT2D eigenvalue weighted by Gasteiger charge is -2.14. The Morgan fingerprint density at radius 1 is 1.14 bits per heavy atom. The summed E-state index contributed by atoms with van der Waals surface area (Å²) in [5.41, 5.74) is 1.03. The van der Waals surface area contributed by atoms with Crippen molar-refractivity contribution >= 4 is 23.5 Å². The molecule has 1 unspecified atom stereocenters. The quantitative estimate of drug-likeness (QED) is 0.858. The fourth-order valence-corrected chi connectivity index (χ4v) is 2.06. The van der Waals surface area contributed by atoms with E-state index in [1.165, 1.54) is 12.1 Å². The number of hydrogen-bond acceptors (Lipinski definition) is 5. The molecule has 0 aliphatic heterocycles. The molecule has 0 aliphatic rings. The van der Waals surface area contributed by atoms with E-state index < -0.39 is 0 Å². The number of nitrogens with one attached hydrogen (secondary N) is 2. The Bertz CT molecular complexity index is 590. The SMILES string of the molecule is CCNc1nc(Cl)nc(NC(C)Cc2ccc(F)cc2)n1. The zero-order valence-electron chi connectivity index (χ0n) is 11.9. The summed E-state index contributed by atoms with van der Waals surface area (Å²) in [5, 5.41) is 6.29. The van der Waals surface area contributed by atoms with E-state index in [9.17, 15) is 4.39 Å². The summed E-state index contributed by atoms with van der Waals surface area (Å²) >= 11 is 5.86. The van der Waals surface area contributed by atoms with Crippen molar-refractivity contribution in [1.82, 2.24) is 15.0 Å². The normalized spacial score (nSPS) is 12.0. The first-order chi connectivity index (χ1) is 10.1. The monoisotopic (exact) mass is 309 g/mol. The number of hydrogen-bond donors (Lipinski definition) is 2. The van der Waals surface area contributed by atoms with Crippen LogP contribution in [-0.2, 0) is 6.42 Å². The first-order valence-electron chi connectivity index (χ1n) is 6.73. The van der Waals surface area contributed by atoms with Crippen LogP contribution in [0.3, 0.4) is 0 Å². The molecule has 1 aromatic heterocycles. The zero-order valence-corrected chi connectivity index (χ0v) is 12.7. The summed E-state index contributed by atoms with van der Waals surface area (Å²) < 4.78 is 12.9. The maximum absolute atomic E-state index is 12.9. The average molecular weight is 310 g/mol. The molecule has 1 heterocycles. The van der Waals surface area contributed by atoms with Gasteiger partial charge in [0, 0.05) is 12.6 Å². The molecule has 1 atom stereocenters. The Morgan fingerprint density at radius 2 is 1.81 bits per heavy atom. The Balaban J connectivity index is 2.01. The van der Waals surface area contributed by atoms with Crippen molar-refractivity contribution in [2.24, 2.45) is 0 Å². The molecule has 0 saturated heterocycles. The second-order valence-electron chi connectivity index (χ2n) is 4.66. The van der Waals surface area contributed by atoms with Crippen LogP contribution in [0.2, 0.25) is 5.28 Å². The molecule has 2 aromatic rings. The van der Waals surface area contributed by atoms with Crippen molar-refractivity contribution in [3.05, 3.63) is 40.9 Å². The Hall–Kier alpha value is -1.95. The van der Waals surface area contributed by atoms with Gasteiger partial charge in [-0.25, -0.2) is 4.39 Å². The van der Waals surface area contributed by atoms with E-state index >= 15 is 0 Å². The highest BCUT2D eigenvalue weighted by atomic mass is 35.5. The lowest BCUT2D eigenvalue weighted by Crippen LogP contribution is -2.20. The minimum Gasteiger partial charge on any atom is -0.354 e. The maximum Gasteiger partial charge on any atom is 0.229 e. The van der Waals surface area contributed by atoms with Gasteiger partial charge in [0.25, 0.3) is 0 Å². The van der Waals surface area contributed by atoms with E-state index in [-0.39, 0.29) is 17.1 Å². The van der Waals surface area contributed by atoms with Gasteiger partial charge in [0.2, 0.25) is 17.2 Å². The second-order valence-corrected chi connectivity index (χ2v) is 5.00. The maximum atomic E-state index is 12.9. The van der Waals surface area contributed by atoms with Crippen LogP contribution >= 0.6 is 11.6 Å². The van der Waals surface area contributed by atoms with E-state index in [1.807, 2.05) is 13.8 Å². The molecular formula is C14H17ClFN5. The fraction of sp³-hybridized carbons (Fsp3) is 0.357. The van der Waals surface area contributed by atoms with Gasteiger partial charge in [-0.1, -0.05) is 12.1 Å². The molecule has 2 rings (SSSR count). The molecule has 0 spiro atoms. The van der Waals surface area contributed by atoms with Crippen molar-refractivity contribution in [1.29, 1.82) is 0 Å². The van der Waals surface area contributed by atoms with Gasteiger partial charge >= 0.3 is 0 Å². The molecule has 0 aliphatic carbocycles. The average Bonchev–Trinajstić information content (AvgIpc) is 2.41. The molecular weight excluding hydrogens is 293 g/mol. The van der Waals surface area contributed by atoms with E-state index in [0.717, 1.165) is 12.0 Å². The summed E-state index contributed by atoms with van der Waals surface area (Å²) in [6.07, 6.45) is 0.722. The van der Waals surface area contributed by atoms with E-state index in [2.05, 4.69) is 25.6 Å². The standard InChI is InChI=1S/C14H17ClFN5/c1-3-17-13-19-12(15)20-14(21-13)18-9(2)8-10-4-6-11(16)7-5-10/h4-7,9H,3,8H2,1-2H3,(H2,17,18,19,20,21). The molecule has 2 N–H and O–H groups in total. The largest absolute Gasteiger partial charge is 0.354 e. The van der Waals surface area contributed by atoms with Crippen LogP contribution < -0.4 is 10.6 Å². The summed E-state index contributed by atoms with van der Waals surface area (Å²) in [5.74, 6) is 0.619. The number of nitrogens with zero attached hydrogens (tertiary/aromatic N) is 3. The number of halogens is 2. The van der Waals surface area contributed by atoms with Gasteiger partial charge in [-0.2, -0.15) is 15.0 Å². The van der Waals surface area contributed by atoms with Gasteiger partial charge in [-0.05, 0) is 49.6 Å². The van der Waals surface area contributed by atoms with Crippen LogP contribution in [0.25, 0.3) is 0 Å². The highest BCUT2D eigenvalue weighted by Gasteiger charge is 2.09. The summed E-state index contributed by atoms with van der Waals surface area (Å²) in [4.78, 5) is 12.2. The third-order valence-electron chi connectivity index (χ3n) is 2.77. The third-order valence-corrected chi connectivity index (χ3v) is 2.94. The van der Waals surface area contributed by atoms with E-state index in [0.29, 0.717) is 18.4 Å². The zero-order chi connectivity index (χ0) is 15.2. The molecule has 0 saturated carbocycles. The van der Waals surface area contributed by atoms with Crippen LogP contribution in [0.15, 0.2) is 24.3 Å². The molecule has 0 fully saturated rings. The topological polar surface area (TPSA) is 62.7 Å². The van der Waals surface area contributed by atoms with Crippen LogP contribution in [-0.4, -0.2) is 27.5 Å². The summed E-state index contributed by atoms with van der Waals surface area (Å²) in [6, 6.07) is 6.50. The molecule has 0 radical (unpaired) electrons. The summed E-state index contributed by atoms with van der Waals surface area (Å²) in [7, 11) is 0. The van der Waals surface area contributed by atoms with Crippen molar-refractivity contribution in [3.8, 4) is 0 Å². The van der Waals surface area contributed by atoms with Crippen molar-refractivity contribution in [2.45, 2.75) is 26.3 Å². The molecule has 1 aromatic carbocycles. The molecule has 21 heavy (non-hydrogen) atoms. The van der Waals surface area contributed by atoms with E-state index in [1.54, 1.807) is 12.1 Å². The Labute approximate surface area is 128 Å².